The van der Waals surface area contributed by atoms with Gasteiger partial charge in [0.25, 0.3) is 0 Å². The molecule has 16 heavy (non-hydrogen) atoms. The van der Waals surface area contributed by atoms with Gasteiger partial charge in [-0.1, -0.05) is 0 Å². The van der Waals surface area contributed by atoms with Crippen LogP contribution in [0, 0.1) is 13.8 Å². The maximum Gasteiger partial charge on any atom is 0.243 e. The summed E-state index contributed by atoms with van der Waals surface area (Å²) in [5, 5.41) is 8.10. The molecular formula is C11H12N4S. The van der Waals surface area contributed by atoms with Gasteiger partial charge in [0.15, 0.2) is 0 Å². The van der Waals surface area contributed by atoms with Gasteiger partial charge in [-0.15, -0.1) is 0 Å². The Labute approximate surface area is 98.1 Å². The minimum atomic E-state index is 0.531. The quantitative estimate of drug-likeness (QED) is 0.653. The fraction of sp³-hybridized carbons (Fsp3) is 0.182. The summed E-state index contributed by atoms with van der Waals surface area (Å²) in [5.41, 5.74) is 5.75. The predicted molar refractivity (Wildman–Crippen MR) is 67.0 cm³/mol. The van der Waals surface area contributed by atoms with Crippen LogP contribution >= 0.6 is 11.3 Å². The number of hydrazone groups is 1. The first-order valence-electron chi connectivity index (χ1n) is 4.87. The molecule has 2 heterocycles. The second-order valence-corrected chi connectivity index (χ2v) is 4.18. The van der Waals surface area contributed by atoms with E-state index in [9.17, 15) is 0 Å². The molecule has 5 heteroatoms. The summed E-state index contributed by atoms with van der Waals surface area (Å²) < 4.78 is 0. The molecule has 82 valence electrons. The molecule has 0 unspecified atom stereocenters. The van der Waals surface area contributed by atoms with Crippen molar-refractivity contribution in [2.75, 3.05) is 5.43 Å². The third-order valence-electron chi connectivity index (χ3n) is 1.90. The van der Waals surface area contributed by atoms with E-state index in [1.54, 1.807) is 17.6 Å². The number of hydrogen-bond acceptors (Lipinski definition) is 5. The molecule has 2 aromatic heterocycles. The molecule has 0 saturated heterocycles. The number of hydrogen-bond donors (Lipinski definition) is 1. The molecule has 0 aliphatic heterocycles. The Bertz CT molecular complexity index is 470. The van der Waals surface area contributed by atoms with Gasteiger partial charge in [-0.25, -0.2) is 15.4 Å². The molecule has 4 nitrogen and oxygen atoms in total. The second-order valence-electron chi connectivity index (χ2n) is 3.40. The van der Waals surface area contributed by atoms with Gasteiger partial charge in [-0.05, 0) is 36.7 Å². The number of aryl methyl sites for hydroxylation is 2. The Hall–Kier alpha value is -1.75. The zero-order valence-corrected chi connectivity index (χ0v) is 9.95. The molecule has 0 radical (unpaired) electrons. The number of anilines is 1. The molecule has 0 bridgehead atoms. The van der Waals surface area contributed by atoms with Gasteiger partial charge >= 0.3 is 0 Å². The average Bonchev–Trinajstić information content (AvgIpc) is 2.69. The summed E-state index contributed by atoms with van der Waals surface area (Å²) in [4.78, 5) is 8.44. The highest BCUT2D eigenvalue weighted by Crippen LogP contribution is 2.05. The van der Waals surface area contributed by atoms with E-state index in [-0.39, 0.29) is 0 Å². The van der Waals surface area contributed by atoms with Crippen molar-refractivity contribution in [1.29, 1.82) is 0 Å². The molecule has 0 aliphatic rings. The molecule has 2 rings (SSSR count). The molecule has 0 aromatic carbocycles. The van der Waals surface area contributed by atoms with E-state index in [1.165, 1.54) is 0 Å². The molecular weight excluding hydrogens is 220 g/mol. The minimum Gasteiger partial charge on any atom is -0.245 e. The van der Waals surface area contributed by atoms with Crippen molar-refractivity contribution in [3.63, 3.8) is 0 Å². The van der Waals surface area contributed by atoms with Crippen LogP contribution in [0.4, 0.5) is 5.95 Å². The molecule has 0 saturated carbocycles. The van der Waals surface area contributed by atoms with Crippen LogP contribution < -0.4 is 5.43 Å². The fourth-order valence-electron chi connectivity index (χ4n) is 1.29. The van der Waals surface area contributed by atoms with E-state index in [0.717, 1.165) is 17.0 Å². The van der Waals surface area contributed by atoms with Gasteiger partial charge in [0.05, 0.1) is 6.21 Å². The van der Waals surface area contributed by atoms with Gasteiger partial charge in [0.2, 0.25) is 5.95 Å². The van der Waals surface area contributed by atoms with Crippen molar-refractivity contribution in [2.45, 2.75) is 13.8 Å². The SMILES string of the molecule is Cc1cc(C)nc(NN=Cc2ccsc2)n1. The van der Waals surface area contributed by atoms with Crippen molar-refractivity contribution in [3.05, 3.63) is 39.8 Å². The van der Waals surface area contributed by atoms with E-state index in [2.05, 4.69) is 20.5 Å². The van der Waals surface area contributed by atoms with Crippen LogP contribution in [0.15, 0.2) is 28.0 Å². The van der Waals surface area contributed by atoms with E-state index in [1.807, 2.05) is 36.7 Å². The third kappa shape index (κ3) is 2.87. The van der Waals surface area contributed by atoms with Crippen LogP contribution in [0.1, 0.15) is 17.0 Å². The third-order valence-corrected chi connectivity index (χ3v) is 2.61. The summed E-state index contributed by atoms with van der Waals surface area (Å²) in [6, 6.07) is 3.92. The first-order valence-corrected chi connectivity index (χ1v) is 5.82. The van der Waals surface area contributed by atoms with E-state index in [4.69, 9.17) is 0 Å². The highest BCUT2D eigenvalue weighted by molar-refractivity contribution is 7.08. The maximum absolute atomic E-state index is 4.22. The lowest BCUT2D eigenvalue weighted by Gasteiger charge is -2.00. The van der Waals surface area contributed by atoms with E-state index < -0.39 is 0 Å². The average molecular weight is 232 g/mol. The summed E-state index contributed by atoms with van der Waals surface area (Å²) in [5.74, 6) is 0.531. The molecule has 0 amide bonds. The molecule has 0 spiro atoms. The zero-order valence-electron chi connectivity index (χ0n) is 9.14. The Kier molecular flexibility index (Phi) is 3.26. The normalized spacial score (nSPS) is 10.9. The highest BCUT2D eigenvalue weighted by Gasteiger charge is 1.96. The molecule has 0 aliphatic carbocycles. The zero-order chi connectivity index (χ0) is 11.4. The van der Waals surface area contributed by atoms with Crippen LogP contribution in [0.3, 0.4) is 0 Å². The summed E-state index contributed by atoms with van der Waals surface area (Å²) >= 11 is 1.64. The molecule has 2 aromatic rings. The Balaban J connectivity index is 2.04. The van der Waals surface area contributed by atoms with Crippen molar-refractivity contribution < 1.29 is 0 Å². The number of aromatic nitrogens is 2. The van der Waals surface area contributed by atoms with Crippen LogP contribution in [0.25, 0.3) is 0 Å². The summed E-state index contributed by atoms with van der Waals surface area (Å²) in [7, 11) is 0. The summed E-state index contributed by atoms with van der Waals surface area (Å²) in [6.07, 6.45) is 1.75. The van der Waals surface area contributed by atoms with Gasteiger partial charge < -0.3 is 0 Å². The Morgan fingerprint density at radius 1 is 1.31 bits per heavy atom. The number of nitrogens with zero attached hydrogens (tertiary/aromatic N) is 3. The van der Waals surface area contributed by atoms with Gasteiger partial charge in [-0.2, -0.15) is 16.4 Å². The smallest absolute Gasteiger partial charge is 0.243 e. The van der Waals surface area contributed by atoms with Crippen molar-refractivity contribution in [1.82, 2.24) is 9.97 Å². The molecule has 0 fully saturated rings. The lowest BCUT2D eigenvalue weighted by Crippen LogP contribution is -1.99. The van der Waals surface area contributed by atoms with Crippen LogP contribution in [0.5, 0.6) is 0 Å². The minimum absolute atomic E-state index is 0.531. The Morgan fingerprint density at radius 3 is 2.69 bits per heavy atom. The maximum atomic E-state index is 4.22. The largest absolute Gasteiger partial charge is 0.245 e. The number of rotatable bonds is 3. The molecule has 1 N–H and O–H groups in total. The topological polar surface area (TPSA) is 50.2 Å². The van der Waals surface area contributed by atoms with Gasteiger partial charge in [-0.3, -0.25) is 0 Å². The highest BCUT2D eigenvalue weighted by atomic mass is 32.1. The fourth-order valence-corrected chi connectivity index (χ4v) is 1.90. The Morgan fingerprint density at radius 2 is 2.06 bits per heavy atom. The lowest BCUT2D eigenvalue weighted by molar-refractivity contribution is 1.04. The lowest BCUT2D eigenvalue weighted by atomic mass is 10.4. The first kappa shape index (κ1) is 10.8. The first-order chi connectivity index (χ1) is 7.74. The number of thiophene rings is 1. The summed E-state index contributed by atoms with van der Waals surface area (Å²) in [6.45, 7) is 3.87. The predicted octanol–water partition coefficient (Wildman–Crippen LogP) is 2.60. The van der Waals surface area contributed by atoms with Gasteiger partial charge in [0, 0.05) is 17.0 Å². The van der Waals surface area contributed by atoms with Gasteiger partial charge in [0.1, 0.15) is 0 Å². The van der Waals surface area contributed by atoms with Crippen LogP contribution in [0.2, 0.25) is 0 Å². The standard InChI is InChI=1S/C11H12N4S/c1-8-5-9(2)14-11(13-8)15-12-6-10-3-4-16-7-10/h3-7H,1-2H3,(H,13,14,15). The van der Waals surface area contributed by atoms with Crippen LogP contribution in [-0.2, 0) is 0 Å². The monoisotopic (exact) mass is 232 g/mol. The van der Waals surface area contributed by atoms with E-state index >= 15 is 0 Å². The van der Waals surface area contributed by atoms with Crippen molar-refractivity contribution >= 4 is 23.5 Å². The van der Waals surface area contributed by atoms with Crippen molar-refractivity contribution in [3.8, 4) is 0 Å². The second kappa shape index (κ2) is 4.85. The number of nitrogens with one attached hydrogen (secondary N) is 1. The molecule has 0 atom stereocenters. The van der Waals surface area contributed by atoms with E-state index in [0.29, 0.717) is 5.95 Å². The van der Waals surface area contributed by atoms with Crippen LogP contribution in [-0.4, -0.2) is 16.2 Å². The van der Waals surface area contributed by atoms with Crippen molar-refractivity contribution in [2.24, 2.45) is 5.10 Å².